The number of nitrogen functional groups attached to an aromatic ring is 1. The molecule has 7 nitrogen and oxygen atoms in total. The van der Waals surface area contributed by atoms with Gasteiger partial charge in [0.05, 0.1) is 29.9 Å². The standard InChI is InChI=1S/C16H20ClF4N7/c1-23-14-8(5-16(19,20)21)12(25-15(22)26-14)9-6-24-28(13(9)17)11-3-4-27(2)7-10(11)18/h6,10-11H,3-5,7H2,1-2H3,(H3,22,23,25,26). The summed E-state index contributed by atoms with van der Waals surface area (Å²) in [4.78, 5) is 9.65. The number of rotatable bonds is 4. The average molecular weight is 422 g/mol. The van der Waals surface area contributed by atoms with Gasteiger partial charge in [0.15, 0.2) is 0 Å². The zero-order chi connectivity index (χ0) is 20.6. The van der Waals surface area contributed by atoms with Crippen LogP contribution in [-0.4, -0.2) is 64.2 Å². The lowest BCUT2D eigenvalue weighted by atomic mass is 10.0. The molecule has 0 aliphatic carbocycles. The number of nitrogens with two attached hydrogens (primary N) is 1. The monoisotopic (exact) mass is 421 g/mol. The van der Waals surface area contributed by atoms with Crippen molar-refractivity contribution in [1.82, 2.24) is 24.6 Å². The first kappa shape index (κ1) is 20.6. The molecule has 0 spiro atoms. The van der Waals surface area contributed by atoms with E-state index in [4.69, 9.17) is 17.3 Å². The molecule has 0 amide bonds. The van der Waals surface area contributed by atoms with Gasteiger partial charge in [-0.15, -0.1) is 0 Å². The van der Waals surface area contributed by atoms with Crippen molar-refractivity contribution >= 4 is 23.4 Å². The Morgan fingerprint density at radius 1 is 1.36 bits per heavy atom. The Kier molecular flexibility index (Phi) is 5.67. The number of anilines is 2. The van der Waals surface area contributed by atoms with E-state index < -0.39 is 24.8 Å². The zero-order valence-electron chi connectivity index (χ0n) is 15.3. The van der Waals surface area contributed by atoms with E-state index in [1.165, 1.54) is 17.9 Å². The molecule has 2 atom stereocenters. The molecule has 2 unspecified atom stereocenters. The molecule has 1 saturated heterocycles. The summed E-state index contributed by atoms with van der Waals surface area (Å²) in [6, 6.07) is -0.605. The number of hydrogen-bond donors (Lipinski definition) is 2. The molecule has 0 radical (unpaired) electrons. The molecule has 28 heavy (non-hydrogen) atoms. The molecule has 2 aromatic heterocycles. The second-order valence-corrected chi connectivity index (χ2v) is 7.09. The van der Waals surface area contributed by atoms with Gasteiger partial charge >= 0.3 is 6.18 Å². The number of hydrogen-bond acceptors (Lipinski definition) is 6. The molecule has 3 N–H and O–H groups in total. The van der Waals surface area contributed by atoms with Gasteiger partial charge in [0.25, 0.3) is 0 Å². The summed E-state index contributed by atoms with van der Waals surface area (Å²) in [6.07, 6.45) is -5.22. The summed E-state index contributed by atoms with van der Waals surface area (Å²) < 4.78 is 55.2. The molecule has 2 aromatic rings. The first-order valence-corrected chi connectivity index (χ1v) is 8.95. The molecule has 1 aliphatic heterocycles. The van der Waals surface area contributed by atoms with Crippen LogP contribution < -0.4 is 11.1 Å². The molecule has 0 saturated carbocycles. The number of likely N-dealkylation sites (tertiary alicyclic amines) is 1. The summed E-state index contributed by atoms with van der Waals surface area (Å²) in [5, 5.41) is 6.76. The number of aromatic nitrogens is 4. The molecule has 3 rings (SSSR count). The minimum absolute atomic E-state index is 0.0146. The second-order valence-electron chi connectivity index (χ2n) is 6.73. The van der Waals surface area contributed by atoms with E-state index in [0.29, 0.717) is 13.0 Å². The van der Waals surface area contributed by atoms with Crippen LogP contribution in [0, 0.1) is 0 Å². The lowest BCUT2D eigenvalue weighted by Gasteiger charge is -2.32. The van der Waals surface area contributed by atoms with Gasteiger partial charge in [0, 0.05) is 25.7 Å². The van der Waals surface area contributed by atoms with Gasteiger partial charge in [-0.1, -0.05) is 11.6 Å². The zero-order valence-corrected chi connectivity index (χ0v) is 16.0. The van der Waals surface area contributed by atoms with Gasteiger partial charge in [-0.05, 0) is 13.5 Å². The van der Waals surface area contributed by atoms with Crippen LogP contribution in [0.5, 0.6) is 0 Å². The summed E-state index contributed by atoms with van der Waals surface area (Å²) in [7, 11) is 3.24. The maximum atomic E-state index is 14.5. The molecule has 0 aromatic carbocycles. The van der Waals surface area contributed by atoms with Gasteiger partial charge in [-0.3, -0.25) is 0 Å². The molecule has 12 heteroatoms. The largest absolute Gasteiger partial charge is 0.393 e. The van der Waals surface area contributed by atoms with E-state index in [-0.39, 0.29) is 40.3 Å². The average Bonchev–Trinajstić information content (AvgIpc) is 2.96. The Labute approximate surface area is 163 Å². The van der Waals surface area contributed by atoms with Gasteiger partial charge in [-0.2, -0.15) is 23.3 Å². The van der Waals surface area contributed by atoms with Crippen molar-refractivity contribution in [2.45, 2.75) is 31.2 Å². The maximum Gasteiger partial charge on any atom is 0.393 e. The minimum atomic E-state index is -4.50. The molecule has 3 heterocycles. The second kappa shape index (κ2) is 7.70. The quantitative estimate of drug-likeness (QED) is 0.738. The third kappa shape index (κ3) is 4.14. The molecule has 0 bridgehead atoms. The van der Waals surface area contributed by atoms with Crippen LogP contribution in [0.1, 0.15) is 18.0 Å². The van der Waals surface area contributed by atoms with E-state index in [0.717, 1.165) is 0 Å². The lowest BCUT2D eigenvalue weighted by molar-refractivity contribution is -0.127. The smallest absolute Gasteiger partial charge is 0.373 e. The Morgan fingerprint density at radius 3 is 2.68 bits per heavy atom. The van der Waals surface area contributed by atoms with Gasteiger partial charge in [-0.25, -0.2) is 14.1 Å². The normalized spacial score (nSPS) is 21.1. The van der Waals surface area contributed by atoms with Crippen molar-refractivity contribution < 1.29 is 17.6 Å². The number of piperidine rings is 1. The predicted octanol–water partition coefficient (Wildman–Crippen LogP) is 2.94. The lowest BCUT2D eigenvalue weighted by Crippen LogP contribution is -2.40. The van der Waals surface area contributed by atoms with Crippen molar-refractivity contribution in [1.29, 1.82) is 0 Å². The van der Waals surface area contributed by atoms with Gasteiger partial charge in [0.1, 0.15) is 17.1 Å². The molecule has 154 valence electrons. The highest BCUT2D eigenvalue weighted by atomic mass is 35.5. The van der Waals surface area contributed by atoms with E-state index in [2.05, 4.69) is 20.4 Å². The highest BCUT2D eigenvalue weighted by Gasteiger charge is 2.35. The Morgan fingerprint density at radius 2 is 2.07 bits per heavy atom. The topological polar surface area (TPSA) is 84.9 Å². The highest BCUT2D eigenvalue weighted by molar-refractivity contribution is 6.32. The number of nitrogens with zero attached hydrogens (tertiary/aromatic N) is 5. The fourth-order valence-electron chi connectivity index (χ4n) is 3.36. The maximum absolute atomic E-state index is 14.5. The van der Waals surface area contributed by atoms with Crippen LogP contribution >= 0.6 is 11.6 Å². The van der Waals surface area contributed by atoms with E-state index in [1.54, 1.807) is 0 Å². The fourth-order valence-corrected chi connectivity index (χ4v) is 3.66. The number of nitrogens with one attached hydrogen (secondary N) is 1. The summed E-state index contributed by atoms with van der Waals surface area (Å²) in [6.45, 7) is 0.875. The minimum Gasteiger partial charge on any atom is -0.373 e. The summed E-state index contributed by atoms with van der Waals surface area (Å²) in [5.41, 5.74) is 5.54. The van der Waals surface area contributed by atoms with Crippen LogP contribution in [0.25, 0.3) is 11.3 Å². The van der Waals surface area contributed by atoms with E-state index in [1.807, 2.05) is 11.9 Å². The van der Waals surface area contributed by atoms with Gasteiger partial charge in [0.2, 0.25) is 5.95 Å². The first-order valence-electron chi connectivity index (χ1n) is 8.57. The van der Waals surface area contributed by atoms with Gasteiger partial charge < -0.3 is 16.0 Å². The van der Waals surface area contributed by atoms with Crippen molar-refractivity contribution in [2.24, 2.45) is 0 Å². The number of halogens is 5. The highest BCUT2D eigenvalue weighted by Crippen LogP contribution is 2.38. The Hall–Kier alpha value is -2.14. The third-order valence-electron chi connectivity index (χ3n) is 4.65. The third-order valence-corrected chi connectivity index (χ3v) is 5.03. The van der Waals surface area contributed by atoms with Crippen molar-refractivity contribution in [3.63, 3.8) is 0 Å². The molecule has 1 aliphatic rings. The van der Waals surface area contributed by atoms with Crippen LogP contribution in [0.15, 0.2) is 6.20 Å². The molecule has 1 fully saturated rings. The number of alkyl halides is 4. The Balaban J connectivity index is 2.07. The Bertz CT molecular complexity index is 854. The van der Waals surface area contributed by atoms with Crippen LogP contribution in [0.4, 0.5) is 29.3 Å². The van der Waals surface area contributed by atoms with Crippen molar-refractivity contribution in [3.8, 4) is 11.3 Å². The van der Waals surface area contributed by atoms with E-state index >= 15 is 0 Å². The summed E-state index contributed by atoms with van der Waals surface area (Å²) >= 11 is 6.40. The van der Waals surface area contributed by atoms with Crippen LogP contribution in [-0.2, 0) is 6.42 Å². The molecular formula is C16H20ClF4N7. The van der Waals surface area contributed by atoms with Crippen molar-refractivity contribution in [3.05, 3.63) is 16.9 Å². The SMILES string of the molecule is CNc1nc(N)nc(-c2cnn(C3CCN(C)CC3F)c2Cl)c1CC(F)(F)F. The van der Waals surface area contributed by atoms with Crippen LogP contribution in [0.3, 0.4) is 0 Å². The van der Waals surface area contributed by atoms with Crippen molar-refractivity contribution in [2.75, 3.05) is 38.2 Å². The first-order chi connectivity index (χ1) is 13.1. The van der Waals surface area contributed by atoms with E-state index in [9.17, 15) is 17.6 Å². The summed E-state index contributed by atoms with van der Waals surface area (Å²) in [5.74, 6) is -0.261. The molecular weight excluding hydrogens is 402 g/mol. The fraction of sp³-hybridized carbons (Fsp3) is 0.562. The van der Waals surface area contributed by atoms with Crippen LogP contribution in [0.2, 0.25) is 5.15 Å². The predicted molar refractivity (Wildman–Crippen MR) is 98.0 cm³/mol.